The molecular formula is C15H21NO3S. The first-order chi connectivity index (χ1) is 9.48. The van der Waals surface area contributed by atoms with Crippen molar-refractivity contribution >= 4 is 17.7 Å². The lowest BCUT2D eigenvalue weighted by atomic mass is 10.2. The van der Waals surface area contributed by atoms with E-state index in [9.17, 15) is 4.79 Å². The van der Waals surface area contributed by atoms with Crippen molar-refractivity contribution in [3.05, 3.63) is 29.8 Å². The largest absolute Gasteiger partial charge is 0.491 e. The number of benzene rings is 1. The van der Waals surface area contributed by atoms with Gasteiger partial charge in [0.1, 0.15) is 17.9 Å². The summed E-state index contributed by atoms with van der Waals surface area (Å²) in [5.74, 6) is 0.639. The summed E-state index contributed by atoms with van der Waals surface area (Å²) in [6.45, 7) is 7.97. The maximum Gasteiger partial charge on any atom is 0.339 e. The van der Waals surface area contributed by atoms with Gasteiger partial charge in [0.05, 0.1) is 0 Å². The summed E-state index contributed by atoms with van der Waals surface area (Å²) in [7, 11) is 0. The topological polar surface area (TPSA) is 49.8 Å². The number of rotatable bonds is 5. The lowest BCUT2D eigenvalue weighted by Crippen LogP contribution is -2.44. The van der Waals surface area contributed by atoms with Crippen LogP contribution in [0.4, 0.5) is 0 Å². The molecule has 0 aliphatic carbocycles. The van der Waals surface area contributed by atoms with Crippen molar-refractivity contribution in [1.29, 1.82) is 0 Å². The van der Waals surface area contributed by atoms with Crippen molar-refractivity contribution in [2.24, 2.45) is 0 Å². The zero-order valence-electron chi connectivity index (χ0n) is 12.0. The SMILES string of the molecule is CC1(C)CN(CCOc2ccccc2C(=O)O)CCS1. The van der Waals surface area contributed by atoms with Gasteiger partial charge in [0.25, 0.3) is 0 Å². The second kappa shape index (κ2) is 6.50. The molecule has 1 aliphatic rings. The average Bonchev–Trinajstić information content (AvgIpc) is 2.38. The fourth-order valence-electron chi connectivity index (χ4n) is 2.36. The molecule has 0 spiro atoms. The van der Waals surface area contributed by atoms with E-state index in [0.29, 0.717) is 12.4 Å². The predicted molar refractivity (Wildman–Crippen MR) is 81.9 cm³/mol. The number of para-hydroxylation sites is 1. The van der Waals surface area contributed by atoms with Crippen LogP contribution in [0.3, 0.4) is 0 Å². The summed E-state index contributed by atoms with van der Waals surface area (Å²) in [6.07, 6.45) is 0. The molecule has 0 radical (unpaired) electrons. The molecule has 0 unspecified atom stereocenters. The molecule has 1 aromatic carbocycles. The van der Waals surface area contributed by atoms with Gasteiger partial charge < -0.3 is 9.84 Å². The molecule has 4 nitrogen and oxygen atoms in total. The van der Waals surface area contributed by atoms with Crippen LogP contribution in [0.25, 0.3) is 0 Å². The Hall–Kier alpha value is -1.20. The maximum atomic E-state index is 11.1. The van der Waals surface area contributed by atoms with Gasteiger partial charge in [-0.25, -0.2) is 4.79 Å². The molecule has 20 heavy (non-hydrogen) atoms. The first-order valence-corrected chi connectivity index (χ1v) is 7.78. The molecule has 0 saturated carbocycles. The van der Waals surface area contributed by atoms with E-state index < -0.39 is 5.97 Å². The Labute approximate surface area is 124 Å². The molecule has 0 aromatic heterocycles. The van der Waals surface area contributed by atoms with Crippen molar-refractivity contribution in [1.82, 2.24) is 4.90 Å². The summed E-state index contributed by atoms with van der Waals surface area (Å²) < 4.78 is 5.93. The van der Waals surface area contributed by atoms with Gasteiger partial charge in [0.15, 0.2) is 0 Å². The zero-order valence-corrected chi connectivity index (χ0v) is 12.8. The van der Waals surface area contributed by atoms with Crippen LogP contribution in [-0.2, 0) is 0 Å². The monoisotopic (exact) mass is 295 g/mol. The summed E-state index contributed by atoms with van der Waals surface area (Å²) in [5, 5.41) is 9.09. The van der Waals surface area contributed by atoms with Crippen molar-refractivity contribution in [3.63, 3.8) is 0 Å². The van der Waals surface area contributed by atoms with Crippen molar-refractivity contribution in [3.8, 4) is 5.75 Å². The lowest BCUT2D eigenvalue weighted by molar-refractivity contribution is 0.0691. The van der Waals surface area contributed by atoms with Gasteiger partial charge in [0, 0.05) is 30.1 Å². The summed E-state index contributed by atoms with van der Waals surface area (Å²) in [4.78, 5) is 13.5. The van der Waals surface area contributed by atoms with Crippen LogP contribution in [-0.4, -0.2) is 52.7 Å². The molecule has 1 aliphatic heterocycles. The number of carbonyl (C=O) groups is 1. The zero-order chi connectivity index (χ0) is 14.6. The number of hydrogen-bond donors (Lipinski definition) is 1. The molecule has 1 fully saturated rings. The second-order valence-corrected chi connectivity index (χ2v) is 7.34. The van der Waals surface area contributed by atoms with E-state index in [1.807, 2.05) is 11.8 Å². The minimum Gasteiger partial charge on any atom is -0.491 e. The first kappa shape index (κ1) is 15.2. The van der Waals surface area contributed by atoms with Crippen LogP contribution in [0, 0.1) is 0 Å². The van der Waals surface area contributed by atoms with Gasteiger partial charge in [-0.3, -0.25) is 4.90 Å². The highest BCUT2D eigenvalue weighted by atomic mass is 32.2. The van der Waals surface area contributed by atoms with Crippen LogP contribution < -0.4 is 4.74 Å². The van der Waals surface area contributed by atoms with Gasteiger partial charge in [-0.05, 0) is 26.0 Å². The lowest BCUT2D eigenvalue weighted by Gasteiger charge is -2.37. The fourth-order valence-corrected chi connectivity index (χ4v) is 3.53. The normalized spacial score (nSPS) is 18.7. The quantitative estimate of drug-likeness (QED) is 0.905. The Morgan fingerprint density at radius 2 is 2.20 bits per heavy atom. The fraction of sp³-hybridized carbons (Fsp3) is 0.533. The Balaban J connectivity index is 1.86. The van der Waals surface area contributed by atoms with E-state index in [1.54, 1.807) is 24.3 Å². The van der Waals surface area contributed by atoms with E-state index in [-0.39, 0.29) is 10.3 Å². The van der Waals surface area contributed by atoms with Crippen molar-refractivity contribution in [2.75, 3.05) is 32.0 Å². The average molecular weight is 295 g/mol. The van der Waals surface area contributed by atoms with Gasteiger partial charge in [-0.2, -0.15) is 11.8 Å². The highest BCUT2D eigenvalue weighted by Gasteiger charge is 2.26. The van der Waals surface area contributed by atoms with Crippen LogP contribution >= 0.6 is 11.8 Å². The Morgan fingerprint density at radius 3 is 2.90 bits per heavy atom. The summed E-state index contributed by atoms with van der Waals surface area (Å²) in [5.41, 5.74) is 0.224. The minimum absolute atomic E-state index is 0.224. The third-order valence-corrected chi connectivity index (χ3v) is 4.58. The predicted octanol–water partition coefficient (Wildman–Crippen LogP) is 2.59. The second-order valence-electron chi connectivity index (χ2n) is 5.53. The van der Waals surface area contributed by atoms with Crippen LogP contribution in [0.1, 0.15) is 24.2 Å². The summed E-state index contributed by atoms with van der Waals surface area (Å²) >= 11 is 2.00. The van der Waals surface area contributed by atoms with Gasteiger partial charge in [0.2, 0.25) is 0 Å². The molecule has 5 heteroatoms. The number of aromatic carboxylic acids is 1. The number of carboxylic acid groups (broad SMARTS) is 1. The van der Waals surface area contributed by atoms with Gasteiger partial charge in [-0.15, -0.1) is 0 Å². The molecule has 1 N–H and O–H groups in total. The van der Waals surface area contributed by atoms with Crippen LogP contribution in [0.2, 0.25) is 0 Å². The molecule has 1 heterocycles. The Morgan fingerprint density at radius 1 is 1.45 bits per heavy atom. The van der Waals surface area contributed by atoms with Crippen molar-refractivity contribution < 1.29 is 14.6 Å². The maximum absolute atomic E-state index is 11.1. The summed E-state index contributed by atoms with van der Waals surface area (Å²) in [6, 6.07) is 6.78. The number of ether oxygens (including phenoxy) is 1. The highest BCUT2D eigenvalue weighted by Crippen LogP contribution is 2.29. The molecule has 0 amide bonds. The molecular weight excluding hydrogens is 274 g/mol. The van der Waals surface area contributed by atoms with Crippen molar-refractivity contribution in [2.45, 2.75) is 18.6 Å². The minimum atomic E-state index is -0.948. The van der Waals surface area contributed by atoms with E-state index in [1.165, 1.54) is 0 Å². The van der Waals surface area contributed by atoms with E-state index >= 15 is 0 Å². The number of hydrogen-bond acceptors (Lipinski definition) is 4. The number of carboxylic acids is 1. The van der Waals surface area contributed by atoms with E-state index in [4.69, 9.17) is 9.84 Å². The van der Waals surface area contributed by atoms with Crippen LogP contribution in [0.15, 0.2) is 24.3 Å². The third-order valence-electron chi connectivity index (χ3n) is 3.29. The third kappa shape index (κ3) is 4.15. The van der Waals surface area contributed by atoms with Gasteiger partial charge in [-0.1, -0.05) is 12.1 Å². The Bertz CT molecular complexity index is 476. The smallest absolute Gasteiger partial charge is 0.339 e. The highest BCUT2D eigenvalue weighted by molar-refractivity contribution is 8.00. The molecule has 0 atom stereocenters. The number of thioether (sulfide) groups is 1. The standard InChI is InChI=1S/C15H21NO3S/c1-15(2)11-16(8-10-20-15)7-9-19-13-6-4-3-5-12(13)14(17)18/h3-6H,7-11H2,1-2H3,(H,17,18). The molecule has 1 aromatic rings. The Kier molecular flexibility index (Phi) is 4.94. The van der Waals surface area contributed by atoms with Crippen LogP contribution in [0.5, 0.6) is 5.75 Å². The number of nitrogens with zero attached hydrogens (tertiary/aromatic N) is 1. The van der Waals surface area contributed by atoms with Gasteiger partial charge >= 0.3 is 5.97 Å². The molecule has 110 valence electrons. The first-order valence-electron chi connectivity index (χ1n) is 6.79. The van der Waals surface area contributed by atoms with E-state index in [0.717, 1.165) is 25.4 Å². The molecule has 1 saturated heterocycles. The molecule has 2 rings (SSSR count). The van der Waals surface area contributed by atoms with E-state index in [2.05, 4.69) is 18.7 Å². The molecule has 0 bridgehead atoms.